The molecule has 162 valence electrons. The first-order valence-corrected chi connectivity index (χ1v) is 12.4. The normalized spacial score (nSPS) is 19.1. The van der Waals surface area contributed by atoms with Crippen LogP contribution in [-0.4, -0.2) is 46.5 Å². The van der Waals surface area contributed by atoms with E-state index in [0.717, 1.165) is 74.9 Å². The number of ketones is 2. The predicted octanol–water partition coefficient (Wildman–Crippen LogP) is 4.34. The highest BCUT2D eigenvalue weighted by atomic mass is 32.2. The van der Waals surface area contributed by atoms with Crippen molar-refractivity contribution in [2.45, 2.75) is 65.2 Å². The van der Waals surface area contributed by atoms with Gasteiger partial charge in [0.25, 0.3) is 11.8 Å². The van der Waals surface area contributed by atoms with Gasteiger partial charge >= 0.3 is 0 Å². The first-order valence-electron chi connectivity index (χ1n) is 10.7. The lowest BCUT2D eigenvalue weighted by molar-refractivity contribution is -0.147. The summed E-state index contributed by atoms with van der Waals surface area (Å²) in [5.74, 6) is -1.11. The largest absolute Gasteiger partial charge is 0.289 e. The van der Waals surface area contributed by atoms with Gasteiger partial charge in [-0.3, -0.25) is 19.2 Å². The van der Waals surface area contributed by atoms with Crippen LogP contribution < -0.4 is 0 Å². The maximum atomic E-state index is 13.2. The molecule has 0 spiro atoms. The molecule has 3 aliphatic rings. The number of nitrogens with zero attached hydrogens (tertiary/aromatic N) is 2. The second-order valence-electron chi connectivity index (χ2n) is 7.56. The van der Waals surface area contributed by atoms with Gasteiger partial charge in [-0.25, -0.2) is 10.0 Å². The van der Waals surface area contributed by atoms with Crippen molar-refractivity contribution in [3.63, 3.8) is 0 Å². The average Bonchev–Trinajstić information content (AvgIpc) is 3.26. The van der Waals surface area contributed by atoms with E-state index in [0.29, 0.717) is 27.1 Å². The predicted molar refractivity (Wildman–Crippen MR) is 120 cm³/mol. The minimum Gasteiger partial charge on any atom is -0.289 e. The lowest BCUT2D eigenvalue weighted by Gasteiger charge is -2.27. The van der Waals surface area contributed by atoms with Gasteiger partial charge in [0.1, 0.15) is 5.57 Å². The van der Waals surface area contributed by atoms with Gasteiger partial charge in [-0.15, -0.1) is 0 Å². The van der Waals surface area contributed by atoms with Gasteiger partial charge in [-0.2, -0.15) is 0 Å². The van der Waals surface area contributed by atoms with Gasteiger partial charge in [0.2, 0.25) is 0 Å². The zero-order valence-corrected chi connectivity index (χ0v) is 19.2. The minimum absolute atomic E-state index is 0.103. The molecule has 0 saturated carbocycles. The molecule has 1 saturated heterocycles. The molecule has 3 rings (SSSR count). The number of carbonyl (C=O) groups excluding carboxylic acids is 4. The van der Waals surface area contributed by atoms with E-state index in [-0.39, 0.29) is 29.0 Å². The van der Waals surface area contributed by atoms with Crippen LogP contribution in [0.2, 0.25) is 0 Å². The highest BCUT2D eigenvalue weighted by molar-refractivity contribution is 8.29. The third kappa shape index (κ3) is 4.75. The van der Waals surface area contributed by atoms with Crippen LogP contribution in [0.5, 0.6) is 0 Å². The standard InChI is InChI=1S/C22H28N2O4S2/c1-3-5-7-9-13-23-20(27)17(21(28)24(23)14-10-8-6-4-2)22-29-18-15(25)11-12-16(26)19(18)30-22/h11-12H,3-10,13-14H2,1-2H3. The smallest absolute Gasteiger partial charge is 0.279 e. The molecule has 0 unspecified atom stereocenters. The molecule has 0 radical (unpaired) electrons. The van der Waals surface area contributed by atoms with Crippen LogP contribution in [0.4, 0.5) is 0 Å². The summed E-state index contributed by atoms with van der Waals surface area (Å²) < 4.78 is 0.454. The number of carbonyl (C=O) groups is 4. The maximum absolute atomic E-state index is 13.2. The fraction of sp³-hybridized carbons (Fsp3) is 0.545. The van der Waals surface area contributed by atoms with Crippen LogP contribution in [0.3, 0.4) is 0 Å². The van der Waals surface area contributed by atoms with Crippen molar-refractivity contribution < 1.29 is 19.2 Å². The van der Waals surface area contributed by atoms with E-state index in [1.807, 2.05) is 0 Å². The zero-order valence-electron chi connectivity index (χ0n) is 17.6. The summed E-state index contributed by atoms with van der Waals surface area (Å²) in [4.78, 5) is 51.3. The number of hydrazine groups is 1. The number of hydrogen-bond acceptors (Lipinski definition) is 6. The molecule has 30 heavy (non-hydrogen) atoms. The quantitative estimate of drug-likeness (QED) is 0.214. The van der Waals surface area contributed by atoms with Gasteiger partial charge in [0, 0.05) is 13.1 Å². The highest BCUT2D eigenvalue weighted by Gasteiger charge is 2.45. The third-order valence-corrected chi connectivity index (χ3v) is 7.90. The lowest BCUT2D eigenvalue weighted by atomic mass is 10.2. The SMILES string of the molecule is CCCCCCN1C(=O)C(=C2SC3=C(S2)C(=O)C=CC3=O)C(=O)N1CCCCCC. The molecule has 2 amide bonds. The van der Waals surface area contributed by atoms with Gasteiger partial charge in [-0.1, -0.05) is 75.9 Å². The summed E-state index contributed by atoms with van der Waals surface area (Å²) in [7, 11) is 0. The number of rotatable bonds is 10. The molecule has 0 aromatic heterocycles. The van der Waals surface area contributed by atoms with E-state index in [1.54, 1.807) is 10.0 Å². The number of amides is 2. The molecule has 0 aromatic carbocycles. The van der Waals surface area contributed by atoms with E-state index in [2.05, 4.69) is 13.8 Å². The van der Waals surface area contributed by atoms with E-state index < -0.39 is 0 Å². The van der Waals surface area contributed by atoms with Crippen molar-refractivity contribution >= 4 is 46.9 Å². The first-order chi connectivity index (χ1) is 14.5. The highest BCUT2D eigenvalue weighted by Crippen LogP contribution is 2.53. The molecule has 2 heterocycles. The Hall–Kier alpha value is -1.80. The van der Waals surface area contributed by atoms with Crippen molar-refractivity contribution in [2.75, 3.05) is 13.1 Å². The minimum atomic E-state index is -0.310. The van der Waals surface area contributed by atoms with Crippen LogP contribution in [0, 0.1) is 0 Å². The van der Waals surface area contributed by atoms with Crippen LogP contribution in [0.25, 0.3) is 0 Å². The molecule has 1 fully saturated rings. The van der Waals surface area contributed by atoms with Gasteiger partial charge < -0.3 is 0 Å². The summed E-state index contributed by atoms with van der Waals surface area (Å²) in [5.41, 5.74) is 0.103. The molecule has 8 heteroatoms. The maximum Gasteiger partial charge on any atom is 0.279 e. The Morgan fingerprint density at radius 1 is 0.667 bits per heavy atom. The fourth-order valence-corrected chi connectivity index (χ4v) is 6.16. The van der Waals surface area contributed by atoms with E-state index in [4.69, 9.17) is 0 Å². The summed E-state index contributed by atoms with van der Waals surface area (Å²) in [6.45, 7) is 5.29. The molecule has 2 aliphatic heterocycles. The van der Waals surface area contributed by atoms with Gasteiger partial charge in [0.05, 0.1) is 14.0 Å². The Bertz CT molecular complexity index is 780. The first kappa shape index (κ1) is 22.9. The molecule has 6 nitrogen and oxygen atoms in total. The van der Waals surface area contributed by atoms with Crippen molar-refractivity contribution in [1.82, 2.24) is 10.0 Å². The molecule has 0 N–H and O–H groups in total. The second-order valence-corrected chi connectivity index (χ2v) is 9.86. The van der Waals surface area contributed by atoms with Gasteiger partial charge in [0.15, 0.2) is 11.6 Å². The van der Waals surface area contributed by atoms with Crippen molar-refractivity contribution in [2.24, 2.45) is 0 Å². The Balaban J connectivity index is 1.80. The molecule has 0 atom stereocenters. The Kier molecular flexibility index (Phi) is 7.99. The molecule has 0 aromatic rings. The van der Waals surface area contributed by atoms with Crippen LogP contribution in [0.15, 0.2) is 31.8 Å². The average molecular weight is 449 g/mol. The molecular formula is C22H28N2O4S2. The topological polar surface area (TPSA) is 74.8 Å². The van der Waals surface area contributed by atoms with Crippen LogP contribution in [-0.2, 0) is 19.2 Å². The van der Waals surface area contributed by atoms with Crippen LogP contribution in [0.1, 0.15) is 65.2 Å². The summed E-state index contributed by atoms with van der Waals surface area (Å²) in [5, 5.41) is 3.15. The third-order valence-electron chi connectivity index (χ3n) is 5.27. The summed E-state index contributed by atoms with van der Waals surface area (Å²) in [6, 6.07) is 0. The number of thioether (sulfide) groups is 2. The molecule has 1 aliphatic carbocycles. The van der Waals surface area contributed by atoms with Crippen LogP contribution >= 0.6 is 23.5 Å². The Labute approximate surface area is 186 Å². The van der Waals surface area contributed by atoms with Crippen molar-refractivity contribution in [1.29, 1.82) is 0 Å². The Morgan fingerprint density at radius 3 is 1.50 bits per heavy atom. The molecular weight excluding hydrogens is 420 g/mol. The number of allylic oxidation sites excluding steroid dienone is 4. The van der Waals surface area contributed by atoms with E-state index in [9.17, 15) is 19.2 Å². The summed E-state index contributed by atoms with van der Waals surface area (Å²) in [6.07, 6.45) is 10.6. The zero-order chi connectivity index (χ0) is 21.7. The van der Waals surface area contributed by atoms with E-state index >= 15 is 0 Å². The lowest BCUT2D eigenvalue weighted by Crippen LogP contribution is -2.42. The monoisotopic (exact) mass is 448 g/mol. The number of unbranched alkanes of at least 4 members (excludes halogenated alkanes) is 6. The molecule has 0 bridgehead atoms. The Morgan fingerprint density at radius 2 is 1.10 bits per heavy atom. The summed E-state index contributed by atoms with van der Waals surface area (Å²) >= 11 is 2.17. The van der Waals surface area contributed by atoms with Gasteiger partial charge in [-0.05, 0) is 25.0 Å². The number of hydrogen-bond donors (Lipinski definition) is 0. The second kappa shape index (κ2) is 10.5. The van der Waals surface area contributed by atoms with Crippen molar-refractivity contribution in [3.8, 4) is 0 Å². The van der Waals surface area contributed by atoms with E-state index in [1.165, 1.54) is 12.2 Å². The fourth-order valence-electron chi connectivity index (χ4n) is 3.59. The van der Waals surface area contributed by atoms with Crippen molar-refractivity contribution in [3.05, 3.63) is 31.8 Å².